The predicted molar refractivity (Wildman–Crippen MR) is 21.5 cm³/mol. The average molecular weight is 122 g/mol. The van der Waals surface area contributed by atoms with Crippen molar-refractivity contribution in [3.63, 3.8) is 0 Å². The SMILES string of the molecule is O=C(F)CCC(=O)F. The molecule has 0 aromatic heterocycles. The Bertz CT molecular complexity index is 96.6. The Morgan fingerprint density at radius 2 is 1.25 bits per heavy atom. The van der Waals surface area contributed by atoms with Crippen LogP contribution in [0.1, 0.15) is 12.8 Å². The Labute approximate surface area is 44.5 Å². The van der Waals surface area contributed by atoms with E-state index in [1.54, 1.807) is 0 Å². The lowest BCUT2D eigenvalue weighted by molar-refractivity contribution is -0.135. The first kappa shape index (κ1) is 7.20. The van der Waals surface area contributed by atoms with Gasteiger partial charge in [0.05, 0.1) is 0 Å². The van der Waals surface area contributed by atoms with Gasteiger partial charge in [0.1, 0.15) is 0 Å². The summed E-state index contributed by atoms with van der Waals surface area (Å²) in [5.74, 6) is 0. The van der Waals surface area contributed by atoms with Crippen molar-refractivity contribution in [3.8, 4) is 0 Å². The number of hydrogen-bond acceptors (Lipinski definition) is 2. The lowest BCUT2D eigenvalue weighted by atomic mass is 10.3. The number of carbonyl (C=O) groups excluding carboxylic acids is 2. The number of hydrogen-bond donors (Lipinski definition) is 0. The zero-order valence-electron chi connectivity index (χ0n) is 3.99. The monoisotopic (exact) mass is 122 g/mol. The Balaban J connectivity index is 3.18. The van der Waals surface area contributed by atoms with Gasteiger partial charge in [-0.3, -0.25) is 9.59 Å². The topological polar surface area (TPSA) is 34.1 Å². The molecule has 0 spiro atoms. The molecule has 0 aromatic rings. The van der Waals surface area contributed by atoms with Crippen LogP contribution < -0.4 is 0 Å². The highest BCUT2D eigenvalue weighted by molar-refractivity contribution is 5.76. The van der Waals surface area contributed by atoms with E-state index in [-0.39, 0.29) is 0 Å². The van der Waals surface area contributed by atoms with Crippen molar-refractivity contribution in [2.45, 2.75) is 12.8 Å². The molecule has 2 nitrogen and oxygen atoms in total. The normalized spacial score (nSPS) is 8.75. The van der Waals surface area contributed by atoms with Crippen molar-refractivity contribution in [3.05, 3.63) is 0 Å². The van der Waals surface area contributed by atoms with E-state index in [4.69, 9.17) is 0 Å². The van der Waals surface area contributed by atoms with Gasteiger partial charge in [-0.2, -0.15) is 8.78 Å². The van der Waals surface area contributed by atoms with Crippen LogP contribution in [-0.4, -0.2) is 12.1 Å². The third-order valence-corrected chi connectivity index (χ3v) is 0.518. The zero-order valence-corrected chi connectivity index (χ0v) is 3.99. The minimum absolute atomic E-state index is 0.644. The fraction of sp³-hybridized carbons (Fsp3) is 0.500. The smallest absolute Gasteiger partial charge is 0.261 e. The van der Waals surface area contributed by atoms with Crippen LogP contribution in [0.2, 0.25) is 0 Å². The van der Waals surface area contributed by atoms with Crippen LogP contribution in [0, 0.1) is 0 Å². The molecule has 0 bridgehead atoms. The Morgan fingerprint density at radius 3 is 1.38 bits per heavy atom. The summed E-state index contributed by atoms with van der Waals surface area (Å²) >= 11 is 0. The summed E-state index contributed by atoms with van der Waals surface area (Å²) in [5.41, 5.74) is 0. The van der Waals surface area contributed by atoms with E-state index in [0.717, 1.165) is 0 Å². The molecule has 0 saturated heterocycles. The first-order chi connectivity index (χ1) is 3.63. The second-order valence-corrected chi connectivity index (χ2v) is 1.21. The lowest BCUT2D eigenvalue weighted by Crippen LogP contribution is -1.92. The highest BCUT2D eigenvalue weighted by Gasteiger charge is 2.02. The van der Waals surface area contributed by atoms with Crippen LogP contribution in [0.15, 0.2) is 0 Å². The molecule has 0 heterocycles. The maximum Gasteiger partial charge on any atom is 0.302 e. The molecule has 0 fully saturated rings. The molecule has 0 N–H and O–H groups in total. The lowest BCUT2D eigenvalue weighted by Gasteiger charge is -1.80. The molecule has 0 rings (SSSR count). The van der Waals surface area contributed by atoms with Crippen LogP contribution in [0.25, 0.3) is 0 Å². The standard InChI is InChI=1S/C4H4F2O2/c5-3(7)1-2-4(6)8/h1-2H2. The van der Waals surface area contributed by atoms with Gasteiger partial charge in [0, 0.05) is 12.8 Å². The van der Waals surface area contributed by atoms with E-state index in [1.807, 2.05) is 0 Å². The van der Waals surface area contributed by atoms with Crippen molar-refractivity contribution >= 4 is 12.1 Å². The van der Waals surface area contributed by atoms with Crippen LogP contribution in [0.4, 0.5) is 8.78 Å². The van der Waals surface area contributed by atoms with Gasteiger partial charge < -0.3 is 0 Å². The largest absolute Gasteiger partial charge is 0.302 e. The van der Waals surface area contributed by atoms with Gasteiger partial charge in [-0.05, 0) is 0 Å². The molecular formula is C4H4F2O2. The van der Waals surface area contributed by atoms with Gasteiger partial charge in [0.25, 0.3) is 0 Å². The number of halogens is 2. The van der Waals surface area contributed by atoms with Crippen LogP contribution in [0.3, 0.4) is 0 Å². The van der Waals surface area contributed by atoms with E-state index in [0.29, 0.717) is 0 Å². The summed E-state index contributed by atoms with van der Waals surface area (Å²) in [6.07, 6.45) is -1.29. The molecule has 46 valence electrons. The maximum atomic E-state index is 11.1. The number of rotatable bonds is 3. The average Bonchev–Trinajstić information content (AvgIpc) is 1.61. The summed E-state index contributed by atoms with van der Waals surface area (Å²) in [7, 11) is 0. The summed E-state index contributed by atoms with van der Waals surface area (Å²) in [4.78, 5) is 18.7. The van der Waals surface area contributed by atoms with E-state index in [1.165, 1.54) is 0 Å². The van der Waals surface area contributed by atoms with E-state index in [2.05, 4.69) is 0 Å². The molecule has 0 radical (unpaired) electrons. The van der Waals surface area contributed by atoms with Gasteiger partial charge in [-0.15, -0.1) is 0 Å². The summed E-state index contributed by atoms with van der Waals surface area (Å²) in [5, 5.41) is 0. The van der Waals surface area contributed by atoms with Crippen molar-refractivity contribution < 1.29 is 18.4 Å². The third-order valence-electron chi connectivity index (χ3n) is 0.518. The van der Waals surface area contributed by atoms with E-state index >= 15 is 0 Å². The minimum atomic E-state index is -1.66. The van der Waals surface area contributed by atoms with Crippen molar-refractivity contribution in [1.29, 1.82) is 0 Å². The molecule has 0 atom stereocenters. The fourth-order valence-corrected chi connectivity index (χ4v) is 0.197. The van der Waals surface area contributed by atoms with Crippen molar-refractivity contribution in [1.82, 2.24) is 0 Å². The van der Waals surface area contributed by atoms with Crippen LogP contribution in [0.5, 0.6) is 0 Å². The Hall–Kier alpha value is -0.800. The molecule has 0 aromatic carbocycles. The summed E-state index contributed by atoms with van der Waals surface area (Å²) in [6.45, 7) is 0. The molecule has 0 unspecified atom stereocenters. The fourth-order valence-electron chi connectivity index (χ4n) is 0.197. The second kappa shape index (κ2) is 3.23. The predicted octanol–water partition coefficient (Wildman–Crippen LogP) is 0.759. The molecule has 0 aliphatic carbocycles. The Morgan fingerprint density at radius 1 is 1.00 bits per heavy atom. The van der Waals surface area contributed by atoms with Crippen molar-refractivity contribution in [2.24, 2.45) is 0 Å². The first-order valence-corrected chi connectivity index (χ1v) is 1.99. The van der Waals surface area contributed by atoms with Crippen LogP contribution in [-0.2, 0) is 9.59 Å². The van der Waals surface area contributed by atoms with Gasteiger partial charge in [0.2, 0.25) is 0 Å². The van der Waals surface area contributed by atoms with E-state index in [9.17, 15) is 18.4 Å². The molecule has 8 heavy (non-hydrogen) atoms. The summed E-state index contributed by atoms with van der Waals surface area (Å²) in [6, 6.07) is -3.31. The molecule has 4 heteroatoms. The quantitative estimate of drug-likeness (QED) is 0.518. The summed E-state index contributed by atoms with van der Waals surface area (Å²) < 4.78 is 22.2. The van der Waals surface area contributed by atoms with Crippen molar-refractivity contribution in [2.75, 3.05) is 0 Å². The zero-order chi connectivity index (χ0) is 6.57. The number of carbonyl (C=O) groups is 2. The Kier molecular flexibility index (Phi) is 2.91. The molecule has 0 saturated carbocycles. The van der Waals surface area contributed by atoms with Gasteiger partial charge in [0.15, 0.2) is 0 Å². The maximum absolute atomic E-state index is 11.1. The van der Waals surface area contributed by atoms with Gasteiger partial charge in [-0.25, -0.2) is 0 Å². The first-order valence-electron chi connectivity index (χ1n) is 1.99. The van der Waals surface area contributed by atoms with Gasteiger partial charge in [-0.1, -0.05) is 0 Å². The van der Waals surface area contributed by atoms with Gasteiger partial charge >= 0.3 is 12.1 Å². The molecular weight excluding hydrogens is 118 g/mol. The second-order valence-electron chi connectivity index (χ2n) is 1.21. The molecule has 0 aliphatic rings. The van der Waals surface area contributed by atoms with Crippen LogP contribution >= 0.6 is 0 Å². The third kappa shape index (κ3) is 5.20. The highest BCUT2D eigenvalue weighted by Crippen LogP contribution is 1.92. The van der Waals surface area contributed by atoms with E-state index < -0.39 is 24.9 Å². The molecule has 0 aliphatic heterocycles. The highest BCUT2D eigenvalue weighted by atomic mass is 19.1. The minimum Gasteiger partial charge on any atom is -0.261 e. The molecule has 0 amide bonds.